The monoisotopic (exact) mass is 283 g/mol. The molecule has 0 aliphatic carbocycles. The number of para-hydroxylation sites is 2. The van der Waals surface area contributed by atoms with Gasteiger partial charge in [0.25, 0.3) is 0 Å². The lowest BCUT2D eigenvalue weighted by molar-refractivity contribution is 0.604. The Balaban J connectivity index is 1.64. The first-order valence-electron chi connectivity index (χ1n) is 7.41. The number of aryl methyl sites for hydroxylation is 2. The third-order valence-corrected chi connectivity index (χ3v) is 3.81. The quantitative estimate of drug-likeness (QED) is 0.705. The summed E-state index contributed by atoms with van der Waals surface area (Å²) in [5, 5.41) is 7.66. The smallest absolute Gasteiger partial charge is 0.123 e. The van der Waals surface area contributed by atoms with Gasteiger partial charge in [-0.2, -0.15) is 5.10 Å². The van der Waals surface area contributed by atoms with E-state index >= 15 is 0 Å². The molecule has 0 atom stereocenters. The zero-order valence-corrected chi connectivity index (χ0v) is 12.6. The maximum Gasteiger partial charge on any atom is 0.123 e. The number of rotatable bonds is 6. The molecular weight excluding hydrogens is 262 g/mol. The Kier molecular flexibility index (Phi) is 4.01. The highest BCUT2D eigenvalue weighted by molar-refractivity contribution is 5.75. The number of hydrogen-bond acceptors (Lipinski definition) is 3. The van der Waals surface area contributed by atoms with Crippen molar-refractivity contribution < 1.29 is 0 Å². The molecule has 0 unspecified atom stereocenters. The van der Waals surface area contributed by atoms with Crippen LogP contribution in [0.2, 0.25) is 0 Å². The average Bonchev–Trinajstić information content (AvgIpc) is 3.06. The van der Waals surface area contributed by atoms with E-state index in [4.69, 9.17) is 4.98 Å². The Morgan fingerprint density at radius 3 is 2.81 bits per heavy atom. The van der Waals surface area contributed by atoms with E-state index in [9.17, 15) is 0 Å². The van der Waals surface area contributed by atoms with E-state index in [1.54, 1.807) is 0 Å². The van der Waals surface area contributed by atoms with Gasteiger partial charge in [0.15, 0.2) is 0 Å². The molecule has 5 heteroatoms. The van der Waals surface area contributed by atoms with E-state index in [0.29, 0.717) is 0 Å². The van der Waals surface area contributed by atoms with Crippen molar-refractivity contribution in [1.29, 1.82) is 0 Å². The Bertz CT molecular complexity index is 725. The minimum Gasteiger partial charge on any atom is -0.327 e. The molecule has 0 aliphatic heterocycles. The van der Waals surface area contributed by atoms with E-state index < -0.39 is 0 Å². The van der Waals surface area contributed by atoms with Crippen LogP contribution in [0.1, 0.15) is 18.4 Å². The molecule has 0 aliphatic rings. The molecule has 0 saturated heterocycles. The molecule has 0 radical (unpaired) electrons. The van der Waals surface area contributed by atoms with Gasteiger partial charge in [-0.3, -0.25) is 4.68 Å². The number of benzene rings is 1. The van der Waals surface area contributed by atoms with Crippen molar-refractivity contribution in [1.82, 2.24) is 24.6 Å². The van der Waals surface area contributed by atoms with Gasteiger partial charge in [0.1, 0.15) is 5.82 Å². The van der Waals surface area contributed by atoms with Gasteiger partial charge in [0, 0.05) is 38.4 Å². The SMILES string of the molecule is CCn1c(CNCCc2ccnn2C)nc2ccccc21. The molecule has 0 bridgehead atoms. The van der Waals surface area contributed by atoms with Gasteiger partial charge >= 0.3 is 0 Å². The lowest BCUT2D eigenvalue weighted by atomic mass is 10.3. The van der Waals surface area contributed by atoms with Gasteiger partial charge in [-0.1, -0.05) is 12.1 Å². The maximum atomic E-state index is 4.72. The third-order valence-electron chi connectivity index (χ3n) is 3.81. The van der Waals surface area contributed by atoms with Crippen LogP contribution >= 0.6 is 0 Å². The number of nitrogens with one attached hydrogen (secondary N) is 1. The van der Waals surface area contributed by atoms with Crippen LogP contribution in [0.15, 0.2) is 36.5 Å². The molecule has 5 nitrogen and oxygen atoms in total. The van der Waals surface area contributed by atoms with Crippen molar-refractivity contribution >= 4 is 11.0 Å². The van der Waals surface area contributed by atoms with Gasteiger partial charge in [-0.15, -0.1) is 0 Å². The topological polar surface area (TPSA) is 47.7 Å². The minimum atomic E-state index is 0.792. The fourth-order valence-corrected chi connectivity index (χ4v) is 2.68. The molecule has 3 aromatic rings. The Labute approximate surface area is 124 Å². The molecule has 0 fully saturated rings. The van der Waals surface area contributed by atoms with Crippen molar-refractivity contribution in [2.24, 2.45) is 7.05 Å². The van der Waals surface area contributed by atoms with Crippen molar-refractivity contribution in [3.05, 3.63) is 48.0 Å². The molecule has 1 N–H and O–H groups in total. The fourth-order valence-electron chi connectivity index (χ4n) is 2.68. The Morgan fingerprint density at radius 2 is 2.05 bits per heavy atom. The van der Waals surface area contributed by atoms with Crippen LogP contribution < -0.4 is 5.32 Å². The molecule has 2 heterocycles. The van der Waals surface area contributed by atoms with E-state index in [2.05, 4.69) is 46.2 Å². The molecule has 0 spiro atoms. The highest BCUT2D eigenvalue weighted by Gasteiger charge is 2.08. The molecule has 0 saturated carbocycles. The zero-order valence-electron chi connectivity index (χ0n) is 12.6. The van der Waals surface area contributed by atoms with Gasteiger partial charge in [0.05, 0.1) is 17.6 Å². The minimum absolute atomic E-state index is 0.792. The summed E-state index contributed by atoms with van der Waals surface area (Å²) in [7, 11) is 1.98. The number of fused-ring (bicyclic) bond motifs is 1. The van der Waals surface area contributed by atoms with Crippen LogP contribution in [0.25, 0.3) is 11.0 Å². The molecule has 21 heavy (non-hydrogen) atoms. The highest BCUT2D eigenvalue weighted by atomic mass is 15.3. The molecule has 110 valence electrons. The lowest BCUT2D eigenvalue weighted by Crippen LogP contribution is -2.20. The van der Waals surface area contributed by atoms with E-state index in [1.807, 2.05) is 24.0 Å². The standard InChI is InChI=1S/C16H21N5/c1-3-21-15-7-5-4-6-14(15)19-16(21)12-17-10-8-13-9-11-18-20(13)2/h4-7,9,11,17H,3,8,10,12H2,1-2H3. The summed E-state index contributed by atoms with van der Waals surface area (Å²) in [5.41, 5.74) is 3.53. The summed E-state index contributed by atoms with van der Waals surface area (Å²) >= 11 is 0. The van der Waals surface area contributed by atoms with E-state index in [-0.39, 0.29) is 0 Å². The summed E-state index contributed by atoms with van der Waals surface area (Å²) in [6.07, 6.45) is 2.81. The van der Waals surface area contributed by atoms with Crippen LogP contribution in [0.3, 0.4) is 0 Å². The second kappa shape index (κ2) is 6.10. The molecule has 1 aromatic carbocycles. The van der Waals surface area contributed by atoms with Crippen LogP contribution in [0, 0.1) is 0 Å². The second-order valence-corrected chi connectivity index (χ2v) is 5.13. The fraction of sp³-hybridized carbons (Fsp3) is 0.375. The molecule has 2 aromatic heterocycles. The van der Waals surface area contributed by atoms with Crippen molar-refractivity contribution in [2.75, 3.05) is 6.54 Å². The average molecular weight is 283 g/mol. The number of hydrogen-bond donors (Lipinski definition) is 1. The van der Waals surface area contributed by atoms with Gasteiger partial charge in [-0.05, 0) is 25.1 Å². The first-order valence-corrected chi connectivity index (χ1v) is 7.41. The van der Waals surface area contributed by atoms with Crippen molar-refractivity contribution in [2.45, 2.75) is 26.4 Å². The Hall–Kier alpha value is -2.14. The summed E-state index contributed by atoms with van der Waals surface area (Å²) in [6.45, 7) is 4.82. The normalized spacial score (nSPS) is 11.3. The highest BCUT2D eigenvalue weighted by Crippen LogP contribution is 2.15. The summed E-state index contributed by atoms with van der Waals surface area (Å²) in [5.74, 6) is 1.10. The van der Waals surface area contributed by atoms with Crippen LogP contribution in [0.4, 0.5) is 0 Å². The first kappa shape index (κ1) is 13.8. The Morgan fingerprint density at radius 1 is 1.19 bits per heavy atom. The van der Waals surface area contributed by atoms with Crippen LogP contribution in [-0.4, -0.2) is 25.9 Å². The number of imidazole rings is 1. The largest absolute Gasteiger partial charge is 0.327 e. The molecule has 3 rings (SSSR count). The summed E-state index contributed by atoms with van der Waals surface area (Å²) in [6, 6.07) is 10.4. The van der Waals surface area contributed by atoms with E-state index in [1.165, 1.54) is 11.2 Å². The van der Waals surface area contributed by atoms with Crippen LogP contribution in [-0.2, 0) is 26.6 Å². The maximum absolute atomic E-state index is 4.72. The molecule has 0 amide bonds. The van der Waals surface area contributed by atoms with Crippen LogP contribution in [0.5, 0.6) is 0 Å². The zero-order chi connectivity index (χ0) is 14.7. The molecular formula is C16H21N5. The number of aromatic nitrogens is 4. The van der Waals surface area contributed by atoms with Gasteiger partial charge in [0.2, 0.25) is 0 Å². The number of nitrogens with zero attached hydrogens (tertiary/aromatic N) is 4. The first-order chi connectivity index (χ1) is 10.3. The van der Waals surface area contributed by atoms with Gasteiger partial charge in [-0.25, -0.2) is 4.98 Å². The van der Waals surface area contributed by atoms with Crippen molar-refractivity contribution in [3.63, 3.8) is 0 Å². The summed E-state index contributed by atoms with van der Waals surface area (Å²) in [4.78, 5) is 4.72. The van der Waals surface area contributed by atoms with Crippen molar-refractivity contribution in [3.8, 4) is 0 Å². The predicted molar refractivity (Wildman–Crippen MR) is 84.0 cm³/mol. The third kappa shape index (κ3) is 2.83. The summed E-state index contributed by atoms with van der Waals surface area (Å²) < 4.78 is 4.19. The van der Waals surface area contributed by atoms with Gasteiger partial charge < -0.3 is 9.88 Å². The second-order valence-electron chi connectivity index (χ2n) is 5.13. The van der Waals surface area contributed by atoms with E-state index in [0.717, 1.165) is 37.4 Å². The predicted octanol–water partition coefficient (Wildman–Crippen LogP) is 2.12. The lowest BCUT2D eigenvalue weighted by Gasteiger charge is -2.07.